The second-order valence-electron chi connectivity index (χ2n) is 5.90. The lowest BCUT2D eigenvalue weighted by Gasteiger charge is -2.29. The van der Waals surface area contributed by atoms with E-state index in [0.29, 0.717) is 16.4 Å². The third-order valence-electron chi connectivity index (χ3n) is 4.17. The standard InChI is InChI=1S/C17H17ClN4O2S2/c18-15-4-3-14(26-15)12-10-13(24-21-12)17(23)20-11-2-1-5-19-16(11)22-6-8-25-9-7-22/h1-5,13H,6-10H2,(H,20,23)/t13-/m1/s1. The first kappa shape index (κ1) is 17.6. The Labute approximate surface area is 164 Å². The molecule has 0 bridgehead atoms. The minimum Gasteiger partial charge on any atom is -0.382 e. The van der Waals surface area contributed by atoms with Gasteiger partial charge in [-0.15, -0.1) is 11.3 Å². The summed E-state index contributed by atoms with van der Waals surface area (Å²) < 4.78 is 0.690. The van der Waals surface area contributed by atoms with Crippen LogP contribution in [0.5, 0.6) is 0 Å². The van der Waals surface area contributed by atoms with E-state index in [4.69, 9.17) is 16.4 Å². The number of oxime groups is 1. The van der Waals surface area contributed by atoms with E-state index < -0.39 is 6.10 Å². The third kappa shape index (κ3) is 3.82. The van der Waals surface area contributed by atoms with Crippen molar-refractivity contribution in [2.24, 2.45) is 5.16 Å². The Morgan fingerprint density at radius 3 is 2.92 bits per heavy atom. The van der Waals surface area contributed by atoms with Crippen LogP contribution < -0.4 is 10.2 Å². The maximum atomic E-state index is 12.6. The Hall–Kier alpha value is -1.77. The van der Waals surface area contributed by atoms with Gasteiger partial charge in [0, 0.05) is 37.2 Å². The Balaban J connectivity index is 1.43. The fourth-order valence-corrected chi connectivity index (χ4v) is 4.80. The quantitative estimate of drug-likeness (QED) is 0.838. The van der Waals surface area contributed by atoms with Gasteiger partial charge in [-0.3, -0.25) is 4.79 Å². The predicted molar refractivity (Wildman–Crippen MR) is 108 cm³/mol. The van der Waals surface area contributed by atoms with E-state index in [2.05, 4.69) is 20.4 Å². The predicted octanol–water partition coefficient (Wildman–Crippen LogP) is 3.48. The van der Waals surface area contributed by atoms with Gasteiger partial charge in [-0.25, -0.2) is 4.98 Å². The monoisotopic (exact) mass is 408 g/mol. The number of thiophene rings is 1. The molecule has 1 fully saturated rings. The van der Waals surface area contributed by atoms with E-state index in [-0.39, 0.29) is 5.91 Å². The van der Waals surface area contributed by atoms with Gasteiger partial charge in [0.05, 0.1) is 14.9 Å². The van der Waals surface area contributed by atoms with Crippen molar-refractivity contribution in [3.8, 4) is 0 Å². The maximum Gasteiger partial charge on any atom is 0.268 e. The molecule has 0 unspecified atom stereocenters. The van der Waals surface area contributed by atoms with Crippen molar-refractivity contribution < 1.29 is 9.63 Å². The van der Waals surface area contributed by atoms with Gasteiger partial charge in [0.1, 0.15) is 5.71 Å². The molecule has 4 rings (SSSR count). The number of rotatable bonds is 4. The van der Waals surface area contributed by atoms with Gasteiger partial charge in [0.2, 0.25) is 6.10 Å². The van der Waals surface area contributed by atoms with Crippen LogP contribution in [-0.2, 0) is 9.63 Å². The van der Waals surface area contributed by atoms with Crippen molar-refractivity contribution in [3.05, 3.63) is 39.7 Å². The van der Waals surface area contributed by atoms with Crippen LogP contribution in [-0.4, -0.2) is 47.3 Å². The summed E-state index contributed by atoms with van der Waals surface area (Å²) in [5.74, 6) is 2.73. The summed E-state index contributed by atoms with van der Waals surface area (Å²) in [6.07, 6.45) is 1.54. The lowest BCUT2D eigenvalue weighted by atomic mass is 10.1. The first-order valence-electron chi connectivity index (χ1n) is 8.27. The summed E-state index contributed by atoms with van der Waals surface area (Å²) in [4.78, 5) is 25.6. The molecule has 0 aromatic carbocycles. The smallest absolute Gasteiger partial charge is 0.268 e. The number of hydrogen-bond acceptors (Lipinski definition) is 7. The number of pyridine rings is 1. The molecule has 0 spiro atoms. The van der Waals surface area contributed by atoms with E-state index in [1.165, 1.54) is 11.3 Å². The summed E-state index contributed by atoms with van der Waals surface area (Å²) in [6.45, 7) is 1.85. The van der Waals surface area contributed by atoms with Gasteiger partial charge in [-0.1, -0.05) is 16.8 Å². The molecule has 2 aliphatic heterocycles. The highest BCUT2D eigenvalue weighted by atomic mass is 35.5. The van der Waals surface area contributed by atoms with Crippen molar-refractivity contribution in [1.29, 1.82) is 0 Å². The summed E-state index contributed by atoms with van der Waals surface area (Å²) in [5, 5.41) is 7.01. The molecule has 2 aromatic rings. The molecule has 1 saturated heterocycles. The molecule has 2 aliphatic rings. The number of aromatic nitrogens is 1. The summed E-state index contributed by atoms with van der Waals surface area (Å²) >= 11 is 9.33. The number of anilines is 2. The second-order valence-corrected chi connectivity index (χ2v) is 8.84. The van der Waals surface area contributed by atoms with E-state index in [0.717, 1.165) is 41.0 Å². The summed E-state index contributed by atoms with van der Waals surface area (Å²) in [5.41, 5.74) is 1.46. The average molecular weight is 409 g/mol. The first-order valence-corrected chi connectivity index (χ1v) is 10.6. The molecule has 26 heavy (non-hydrogen) atoms. The van der Waals surface area contributed by atoms with Crippen molar-refractivity contribution in [2.75, 3.05) is 34.8 Å². The lowest BCUT2D eigenvalue weighted by molar-refractivity contribution is -0.125. The Kier molecular flexibility index (Phi) is 5.33. The number of hydrogen-bond donors (Lipinski definition) is 1. The Morgan fingerprint density at radius 2 is 2.15 bits per heavy atom. The molecule has 6 nitrogen and oxygen atoms in total. The van der Waals surface area contributed by atoms with Gasteiger partial charge < -0.3 is 15.1 Å². The molecule has 9 heteroatoms. The molecular formula is C17H17ClN4O2S2. The second kappa shape index (κ2) is 7.85. The fourth-order valence-electron chi connectivity index (χ4n) is 2.87. The molecule has 0 aliphatic carbocycles. The third-order valence-corrected chi connectivity index (χ3v) is 6.40. The SMILES string of the molecule is O=C(Nc1cccnc1N1CCSCC1)[C@H]1CC(c2ccc(Cl)s2)=NO1. The molecule has 1 N–H and O–H groups in total. The van der Waals surface area contributed by atoms with Crippen LogP contribution in [0.25, 0.3) is 0 Å². The van der Waals surface area contributed by atoms with Crippen LogP contribution >= 0.6 is 34.7 Å². The Morgan fingerprint density at radius 1 is 1.31 bits per heavy atom. The molecule has 1 amide bonds. The van der Waals surface area contributed by atoms with Crippen LogP contribution in [0.15, 0.2) is 35.6 Å². The highest BCUT2D eigenvalue weighted by Gasteiger charge is 2.30. The van der Waals surface area contributed by atoms with E-state index >= 15 is 0 Å². The molecule has 4 heterocycles. The zero-order valence-electron chi connectivity index (χ0n) is 13.9. The van der Waals surface area contributed by atoms with Crippen molar-refractivity contribution in [2.45, 2.75) is 12.5 Å². The zero-order valence-corrected chi connectivity index (χ0v) is 16.2. The Bertz CT molecular complexity index is 836. The zero-order chi connectivity index (χ0) is 17.9. The molecule has 0 radical (unpaired) electrons. The number of carbonyl (C=O) groups is 1. The summed E-state index contributed by atoms with van der Waals surface area (Å²) in [6, 6.07) is 7.40. The topological polar surface area (TPSA) is 66.8 Å². The highest BCUT2D eigenvalue weighted by Crippen LogP contribution is 2.28. The average Bonchev–Trinajstić information content (AvgIpc) is 3.32. The van der Waals surface area contributed by atoms with Gasteiger partial charge in [-0.05, 0) is 24.3 Å². The number of thioether (sulfide) groups is 1. The number of halogens is 1. The number of carbonyl (C=O) groups excluding carboxylic acids is 1. The minimum absolute atomic E-state index is 0.216. The normalized spacial score (nSPS) is 19.8. The molecule has 136 valence electrons. The van der Waals surface area contributed by atoms with Gasteiger partial charge >= 0.3 is 0 Å². The van der Waals surface area contributed by atoms with Crippen molar-refractivity contribution in [3.63, 3.8) is 0 Å². The number of amides is 1. The van der Waals surface area contributed by atoms with E-state index in [1.807, 2.05) is 36.0 Å². The lowest BCUT2D eigenvalue weighted by Crippen LogP contribution is -2.35. The van der Waals surface area contributed by atoms with Gasteiger partial charge in [0.15, 0.2) is 5.82 Å². The van der Waals surface area contributed by atoms with Crippen LogP contribution in [0.3, 0.4) is 0 Å². The number of nitrogens with one attached hydrogen (secondary N) is 1. The van der Waals surface area contributed by atoms with Crippen LogP contribution in [0.2, 0.25) is 4.34 Å². The van der Waals surface area contributed by atoms with Gasteiger partial charge in [0.25, 0.3) is 5.91 Å². The van der Waals surface area contributed by atoms with E-state index in [1.54, 1.807) is 6.20 Å². The van der Waals surface area contributed by atoms with Crippen LogP contribution in [0.4, 0.5) is 11.5 Å². The fraction of sp³-hybridized carbons (Fsp3) is 0.353. The van der Waals surface area contributed by atoms with Crippen molar-refractivity contribution >= 4 is 57.8 Å². The minimum atomic E-state index is -0.643. The van der Waals surface area contributed by atoms with Crippen LogP contribution in [0.1, 0.15) is 11.3 Å². The van der Waals surface area contributed by atoms with E-state index in [9.17, 15) is 4.79 Å². The molecule has 1 atom stereocenters. The number of nitrogens with zero attached hydrogens (tertiary/aromatic N) is 3. The van der Waals surface area contributed by atoms with Gasteiger partial charge in [-0.2, -0.15) is 11.8 Å². The first-order chi connectivity index (χ1) is 12.7. The maximum absolute atomic E-state index is 12.6. The molecule has 2 aromatic heterocycles. The van der Waals surface area contributed by atoms with Crippen LogP contribution in [0, 0.1) is 0 Å². The molecular weight excluding hydrogens is 392 g/mol. The summed E-state index contributed by atoms with van der Waals surface area (Å²) in [7, 11) is 0. The largest absolute Gasteiger partial charge is 0.382 e. The van der Waals surface area contributed by atoms with Crippen molar-refractivity contribution in [1.82, 2.24) is 4.98 Å². The molecule has 0 saturated carbocycles. The highest BCUT2D eigenvalue weighted by molar-refractivity contribution is 7.99.